The van der Waals surface area contributed by atoms with E-state index in [0.717, 1.165) is 42.0 Å². The Hall–Kier alpha value is -2.93. The van der Waals surface area contributed by atoms with Crippen LogP contribution < -0.4 is 10.1 Å². The highest BCUT2D eigenvalue weighted by Crippen LogP contribution is 2.30. The zero-order chi connectivity index (χ0) is 18.8. The van der Waals surface area contributed by atoms with Crippen LogP contribution in [0.15, 0.2) is 47.1 Å². The number of hydrogen-bond acceptors (Lipinski definition) is 6. The van der Waals surface area contributed by atoms with Gasteiger partial charge in [0.15, 0.2) is 0 Å². The summed E-state index contributed by atoms with van der Waals surface area (Å²) in [6.07, 6.45) is 0. The largest absolute Gasteiger partial charge is 0.497 e. The molecule has 0 unspecified atom stereocenters. The molecule has 7 nitrogen and oxygen atoms in total. The number of ether oxygens (including phenoxy) is 1. The highest BCUT2D eigenvalue weighted by Gasteiger charge is 2.34. The average molecular weight is 366 g/mol. The fourth-order valence-electron chi connectivity index (χ4n) is 3.84. The van der Waals surface area contributed by atoms with E-state index in [2.05, 4.69) is 32.7 Å². The summed E-state index contributed by atoms with van der Waals surface area (Å²) in [6.45, 7) is 3.92. The van der Waals surface area contributed by atoms with Crippen molar-refractivity contribution in [3.8, 4) is 5.75 Å². The molecule has 1 amide bonds. The Kier molecular flexibility index (Phi) is 4.77. The van der Waals surface area contributed by atoms with Gasteiger partial charge in [0.1, 0.15) is 16.8 Å². The van der Waals surface area contributed by atoms with Gasteiger partial charge in [0.2, 0.25) is 5.91 Å². The molecule has 2 heterocycles. The number of carbonyl (C=O) groups is 1. The van der Waals surface area contributed by atoms with Crippen LogP contribution in [-0.2, 0) is 11.3 Å². The first-order valence-electron chi connectivity index (χ1n) is 8.97. The van der Waals surface area contributed by atoms with Gasteiger partial charge in [0.05, 0.1) is 7.11 Å². The van der Waals surface area contributed by atoms with Crippen LogP contribution in [0.1, 0.15) is 24.0 Å². The number of benzene rings is 2. The maximum Gasteiger partial charge on any atom is 0.217 e. The maximum atomic E-state index is 11.7. The number of rotatable bonds is 5. The van der Waals surface area contributed by atoms with E-state index in [0.29, 0.717) is 0 Å². The number of fused-ring (bicyclic) bond motifs is 1. The van der Waals surface area contributed by atoms with Crippen LogP contribution in [0, 0.1) is 0 Å². The lowest BCUT2D eigenvalue weighted by atomic mass is 9.94. The number of likely N-dealkylation sites (tertiary alicyclic amines) is 1. The van der Waals surface area contributed by atoms with Crippen LogP contribution in [0.4, 0.5) is 0 Å². The quantitative estimate of drug-likeness (QED) is 0.747. The van der Waals surface area contributed by atoms with E-state index in [4.69, 9.17) is 9.37 Å². The minimum Gasteiger partial charge on any atom is -0.497 e. The summed E-state index contributed by atoms with van der Waals surface area (Å²) < 4.78 is 10.1. The molecule has 27 heavy (non-hydrogen) atoms. The molecule has 1 aliphatic rings. The topological polar surface area (TPSA) is 80.5 Å². The summed E-state index contributed by atoms with van der Waals surface area (Å²) in [5.74, 6) is 1.03. The summed E-state index contributed by atoms with van der Waals surface area (Å²) in [4.78, 5) is 14.0. The molecular weight excluding hydrogens is 344 g/mol. The molecule has 0 bridgehead atoms. The van der Waals surface area contributed by atoms with Crippen molar-refractivity contribution < 1.29 is 14.2 Å². The van der Waals surface area contributed by atoms with E-state index in [-0.39, 0.29) is 17.9 Å². The van der Waals surface area contributed by atoms with Gasteiger partial charge in [-0.25, -0.2) is 4.63 Å². The normalized spacial score (nSPS) is 20.1. The van der Waals surface area contributed by atoms with Crippen LogP contribution in [0.3, 0.4) is 0 Å². The predicted octanol–water partition coefficient (Wildman–Crippen LogP) is 2.34. The van der Waals surface area contributed by atoms with Crippen LogP contribution >= 0.6 is 0 Å². The molecule has 1 N–H and O–H groups in total. The zero-order valence-electron chi connectivity index (χ0n) is 15.4. The van der Waals surface area contributed by atoms with Gasteiger partial charge >= 0.3 is 0 Å². The van der Waals surface area contributed by atoms with Crippen molar-refractivity contribution in [3.05, 3.63) is 53.6 Å². The van der Waals surface area contributed by atoms with Crippen LogP contribution in [-0.4, -0.2) is 47.4 Å². The van der Waals surface area contributed by atoms with E-state index in [1.807, 2.05) is 30.3 Å². The standard InChI is InChI=1S/C20H22N4O3/c1-13(25)21-19-12-24(10-15-4-3-5-18-20(15)23-27-22-18)11-17(19)14-6-8-16(26-2)9-7-14/h3-9,17,19H,10-12H2,1-2H3,(H,21,25)/t17-,19+/m0/s1. The number of aromatic nitrogens is 2. The summed E-state index contributed by atoms with van der Waals surface area (Å²) in [5, 5.41) is 11.1. The number of nitrogens with zero attached hydrogens (tertiary/aromatic N) is 3. The lowest BCUT2D eigenvalue weighted by molar-refractivity contribution is -0.119. The predicted molar refractivity (Wildman–Crippen MR) is 100 cm³/mol. The monoisotopic (exact) mass is 366 g/mol. The number of amides is 1. The van der Waals surface area contributed by atoms with Crippen molar-refractivity contribution in [1.29, 1.82) is 0 Å². The molecule has 0 radical (unpaired) electrons. The fraction of sp³-hybridized carbons (Fsp3) is 0.350. The van der Waals surface area contributed by atoms with E-state index in [1.165, 1.54) is 5.56 Å². The van der Waals surface area contributed by atoms with Gasteiger partial charge in [-0.2, -0.15) is 0 Å². The molecule has 3 aromatic rings. The van der Waals surface area contributed by atoms with Crippen molar-refractivity contribution in [2.24, 2.45) is 0 Å². The van der Waals surface area contributed by atoms with Gasteiger partial charge in [0, 0.05) is 38.5 Å². The van der Waals surface area contributed by atoms with Gasteiger partial charge in [-0.05, 0) is 39.6 Å². The molecule has 0 saturated carbocycles. The lowest BCUT2D eigenvalue weighted by Gasteiger charge is -2.19. The molecular formula is C20H22N4O3. The van der Waals surface area contributed by atoms with Gasteiger partial charge in [-0.3, -0.25) is 9.69 Å². The molecule has 1 saturated heterocycles. The van der Waals surface area contributed by atoms with Gasteiger partial charge in [0.25, 0.3) is 0 Å². The van der Waals surface area contributed by atoms with Gasteiger partial charge < -0.3 is 10.1 Å². The third kappa shape index (κ3) is 3.64. The highest BCUT2D eigenvalue weighted by atomic mass is 16.6. The number of methoxy groups -OCH3 is 1. The van der Waals surface area contributed by atoms with Crippen molar-refractivity contribution in [2.45, 2.75) is 25.4 Å². The second-order valence-electron chi connectivity index (χ2n) is 6.93. The average Bonchev–Trinajstić information content (AvgIpc) is 3.29. The Morgan fingerprint density at radius 2 is 2.04 bits per heavy atom. The Morgan fingerprint density at radius 3 is 2.78 bits per heavy atom. The molecule has 4 rings (SSSR count). The Morgan fingerprint density at radius 1 is 1.22 bits per heavy atom. The number of carbonyl (C=O) groups excluding carboxylic acids is 1. The Bertz CT molecular complexity index is 938. The lowest BCUT2D eigenvalue weighted by Crippen LogP contribution is -2.38. The molecule has 7 heteroatoms. The van der Waals surface area contributed by atoms with Crippen molar-refractivity contribution in [1.82, 2.24) is 20.5 Å². The smallest absolute Gasteiger partial charge is 0.217 e. The van der Waals surface area contributed by atoms with Crippen molar-refractivity contribution >= 4 is 16.9 Å². The fourth-order valence-corrected chi connectivity index (χ4v) is 3.84. The highest BCUT2D eigenvalue weighted by molar-refractivity contribution is 5.76. The molecule has 1 aliphatic heterocycles. The molecule has 1 aromatic heterocycles. The molecule has 0 aliphatic carbocycles. The van der Waals surface area contributed by atoms with Crippen LogP contribution in [0.25, 0.3) is 11.0 Å². The van der Waals surface area contributed by atoms with E-state index in [1.54, 1.807) is 14.0 Å². The zero-order valence-corrected chi connectivity index (χ0v) is 15.4. The van der Waals surface area contributed by atoms with Crippen LogP contribution in [0.2, 0.25) is 0 Å². The maximum absolute atomic E-state index is 11.7. The number of hydrogen-bond donors (Lipinski definition) is 1. The van der Waals surface area contributed by atoms with Gasteiger partial charge in [-0.1, -0.05) is 24.3 Å². The third-order valence-electron chi connectivity index (χ3n) is 5.09. The second-order valence-corrected chi connectivity index (χ2v) is 6.93. The van der Waals surface area contributed by atoms with E-state index >= 15 is 0 Å². The molecule has 1 fully saturated rings. The molecule has 2 aromatic carbocycles. The molecule has 140 valence electrons. The summed E-state index contributed by atoms with van der Waals surface area (Å²) in [6, 6.07) is 14.0. The molecule has 0 spiro atoms. The first-order chi connectivity index (χ1) is 13.1. The minimum atomic E-state index is -0.0110. The summed E-state index contributed by atoms with van der Waals surface area (Å²) in [5.41, 5.74) is 3.82. The Balaban J connectivity index is 1.56. The SMILES string of the molecule is COc1ccc([C@@H]2CN(Cc3cccc4nonc34)C[C@H]2NC(C)=O)cc1. The van der Waals surface area contributed by atoms with Crippen molar-refractivity contribution in [3.63, 3.8) is 0 Å². The minimum absolute atomic E-state index is 0.0110. The van der Waals surface area contributed by atoms with E-state index < -0.39 is 0 Å². The molecule has 2 atom stereocenters. The summed E-state index contributed by atoms with van der Waals surface area (Å²) >= 11 is 0. The summed E-state index contributed by atoms with van der Waals surface area (Å²) in [7, 11) is 1.66. The first-order valence-corrected chi connectivity index (χ1v) is 8.97. The van der Waals surface area contributed by atoms with E-state index in [9.17, 15) is 4.79 Å². The third-order valence-corrected chi connectivity index (χ3v) is 5.09. The van der Waals surface area contributed by atoms with Crippen molar-refractivity contribution in [2.75, 3.05) is 20.2 Å². The Labute approximate surface area is 157 Å². The van der Waals surface area contributed by atoms with Crippen LogP contribution in [0.5, 0.6) is 5.75 Å². The first kappa shape index (κ1) is 17.5. The second kappa shape index (κ2) is 7.36. The van der Waals surface area contributed by atoms with Gasteiger partial charge in [-0.15, -0.1) is 0 Å². The number of nitrogens with one attached hydrogen (secondary N) is 1.